The lowest BCUT2D eigenvalue weighted by atomic mass is 10.1. The number of hydrogen-bond acceptors (Lipinski definition) is 4. The number of benzene rings is 1. The first kappa shape index (κ1) is 14.1. The maximum atomic E-state index is 5.62. The molecule has 19 heavy (non-hydrogen) atoms. The minimum absolute atomic E-state index is 0.313. The first-order valence-corrected chi connectivity index (χ1v) is 7.60. The fourth-order valence-corrected chi connectivity index (χ4v) is 2.59. The molecule has 1 aliphatic heterocycles. The highest BCUT2D eigenvalue weighted by Gasteiger charge is 2.15. The van der Waals surface area contributed by atoms with E-state index in [9.17, 15) is 0 Å². The van der Waals surface area contributed by atoms with E-state index in [1.54, 1.807) is 11.8 Å². The second kappa shape index (κ2) is 6.74. The molecular formula is C15H19NO2S. The van der Waals surface area contributed by atoms with E-state index in [1.807, 2.05) is 0 Å². The highest BCUT2D eigenvalue weighted by atomic mass is 32.2. The van der Waals surface area contributed by atoms with E-state index < -0.39 is 0 Å². The van der Waals surface area contributed by atoms with E-state index in [0.29, 0.717) is 19.3 Å². The van der Waals surface area contributed by atoms with E-state index in [4.69, 9.17) is 15.9 Å². The molecule has 1 aromatic carbocycles. The van der Waals surface area contributed by atoms with Gasteiger partial charge in [0.15, 0.2) is 11.5 Å². The molecule has 3 nitrogen and oxygen atoms in total. The van der Waals surface area contributed by atoms with Crippen LogP contribution in [0.15, 0.2) is 17.0 Å². The molecule has 1 heterocycles. The number of fused-ring (bicyclic) bond motifs is 1. The number of thioether (sulfide) groups is 1. The van der Waals surface area contributed by atoms with Gasteiger partial charge >= 0.3 is 0 Å². The fourth-order valence-electron chi connectivity index (χ4n) is 1.97. The maximum Gasteiger partial charge on any atom is 0.162 e. The molecule has 2 rings (SSSR count). The topological polar surface area (TPSA) is 30.5 Å². The summed E-state index contributed by atoms with van der Waals surface area (Å²) in [4.78, 5) is 1.21. The fraction of sp³-hybridized carbons (Fsp3) is 0.467. The first-order chi connectivity index (χ1) is 9.24. The summed E-state index contributed by atoms with van der Waals surface area (Å²) in [5, 5.41) is 3.43. The van der Waals surface area contributed by atoms with Gasteiger partial charge in [0.25, 0.3) is 0 Å². The Hall–Kier alpha value is -1.31. The highest BCUT2D eigenvalue weighted by Crippen LogP contribution is 2.36. The van der Waals surface area contributed by atoms with Crippen molar-refractivity contribution in [1.82, 2.24) is 5.32 Å². The van der Waals surface area contributed by atoms with Crippen LogP contribution in [0, 0.1) is 12.3 Å². The maximum absolute atomic E-state index is 5.62. The summed E-state index contributed by atoms with van der Waals surface area (Å²) in [6.45, 7) is 4.12. The zero-order chi connectivity index (χ0) is 13.7. The van der Waals surface area contributed by atoms with Crippen LogP contribution in [0.25, 0.3) is 0 Å². The Bertz CT molecular complexity index is 482. The molecule has 0 bridgehead atoms. The van der Waals surface area contributed by atoms with E-state index in [2.05, 4.69) is 36.5 Å². The molecule has 1 aromatic rings. The summed E-state index contributed by atoms with van der Waals surface area (Å²) >= 11 is 1.72. The summed E-state index contributed by atoms with van der Waals surface area (Å²) in [7, 11) is 0. The minimum atomic E-state index is 0.313. The Morgan fingerprint density at radius 3 is 2.68 bits per heavy atom. The third-order valence-electron chi connectivity index (χ3n) is 3.01. The second-order valence-corrected chi connectivity index (χ2v) is 5.35. The number of hydrogen-bond donors (Lipinski definition) is 1. The van der Waals surface area contributed by atoms with Gasteiger partial charge in [-0.2, -0.15) is 0 Å². The zero-order valence-corrected chi connectivity index (χ0v) is 12.2. The van der Waals surface area contributed by atoms with Crippen LogP contribution in [-0.2, 0) is 6.54 Å². The third-order valence-corrected chi connectivity index (χ3v) is 3.83. The molecule has 0 fully saturated rings. The standard InChI is InChI=1S/C15H19NO2S/c1-4-5-11(2)16-10-12-8-13-14(9-15(12)19-3)18-7-6-17-13/h1,8-9,11,16H,5-7,10H2,2-3H3. The van der Waals surface area contributed by atoms with Crippen LogP contribution in [0.2, 0.25) is 0 Å². The molecule has 0 saturated carbocycles. The van der Waals surface area contributed by atoms with Crippen molar-refractivity contribution in [3.05, 3.63) is 17.7 Å². The Morgan fingerprint density at radius 2 is 2.05 bits per heavy atom. The van der Waals surface area contributed by atoms with Crippen molar-refractivity contribution in [1.29, 1.82) is 0 Å². The van der Waals surface area contributed by atoms with Gasteiger partial charge in [-0.1, -0.05) is 0 Å². The van der Waals surface area contributed by atoms with Gasteiger partial charge in [0, 0.05) is 23.9 Å². The average molecular weight is 277 g/mol. The van der Waals surface area contributed by atoms with Gasteiger partial charge in [0.05, 0.1) is 0 Å². The van der Waals surface area contributed by atoms with Crippen LogP contribution in [0.1, 0.15) is 18.9 Å². The first-order valence-electron chi connectivity index (χ1n) is 6.38. The van der Waals surface area contributed by atoms with Crippen LogP contribution in [0.5, 0.6) is 11.5 Å². The van der Waals surface area contributed by atoms with Gasteiger partial charge in [-0.3, -0.25) is 0 Å². The number of rotatable bonds is 5. The Labute approximate surface area is 119 Å². The van der Waals surface area contributed by atoms with Crippen molar-refractivity contribution in [3.63, 3.8) is 0 Å². The smallest absolute Gasteiger partial charge is 0.162 e. The van der Waals surface area contributed by atoms with Gasteiger partial charge in [-0.15, -0.1) is 24.1 Å². The SMILES string of the molecule is C#CCC(C)NCc1cc2c(cc1SC)OCCO2. The molecule has 1 unspecified atom stereocenters. The van der Waals surface area contributed by atoms with Crippen molar-refractivity contribution in [2.24, 2.45) is 0 Å². The Morgan fingerprint density at radius 1 is 1.37 bits per heavy atom. The molecule has 102 valence electrons. The van der Waals surface area contributed by atoms with Crippen LogP contribution in [0.4, 0.5) is 0 Å². The summed E-state index contributed by atoms with van der Waals surface area (Å²) in [6, 6.07) is 4.44. The van der Waals surface area contributed by atoms with Gasteiger partial charge in [-0.05, 0) is 30.9 Å². The summed E-state index contributed by atoms with van der Waals surface area (Å²) in [5.41, 5.74) is 1.22. The van der Waals surface area contributed by atoms with Crippen LogP contribution in [-0.4, -0.2) is 25.5 Å². The largest absolute Gasteiger partial charge is 0.486 e. The minimum Gasteiger partial charge on any atom is -0.486 e. The number of nitrogens with one attached hydrogen (secondary N) is 1. The Kier molecular flexibility index (Phi) is 5.00. The van der Waals surface area contributed by atoms with E-state index in [0.717, 1.165) is 24.5 Å². The second-order valence-electron chi connectivity index (χ2n) is 4.50. The molecule has 0 saturated heterocycles. The van der Waals surface area contributed by atoms with Crippen LogP contribution in [0.3, 0.4) is 0 Å². The summed E-state index contributed by atoms with van der Waals surface area (Å²) < 4.78 is 11.2. The summed E-state index contributed by atoms with van der Waals surface area (Å²) in [6.07, 6.45) is 8.12. The predicted octanol–water partition coefficient (Wildman–Crippen LogP) is 2.68. The Balaban J connectivity index is 2.12. The number of ether oxygens (including phenoxy) is 2. The van der Waals surface area contributed by atoms with Crippen molar-refractivity contribution < 1.29 is 9.47 Å². The van der Waals surface area contributed by atoms with E-state index in [1.165, 1.54) is 10.5 Å². The molecular weight excluding hydrogens is 258 g/mol. The van der Waals surface area contributed by atoms with Crippen molar-refractivity contribution in [2.45, 2.75) is 30.8 Å². The third kappa shape index (κ3) is 3.59. The quantitative estimate of drug-likeness (QED) is 0.662. The monoisotopic (exact) mass is 277 g/mol. The number of terminal acetylenes is 1. The molecule has 4 heteroatoms. The predicted molar refractivity (Wildman–Crippen MR) is 79.0 cm³/mol. The lowest BCUT2D eigenvalue weighted by Crippen LogP contribution is -2.25. The molecule has 1 N–H and O–H groups in total. The molecule has 0 amide bonds. The van der Waals surface area contributed by atoms with Gasteiger partial charge in [-0.25, -0.2) is 0 Å². The molecule has 0 aromatic heterocycles. The molecule has 0 spiro atoms. The highest BCUT2D eigenvalue weighted by molar-refractivity contribution is 7.98. The van der Waals surface area contributed by atoms with Gasteiger partial charge in [0.1, 0.15) is 13.2 Å². The molecule has 1 aliphatic rings. The van der Waals surface area contributed by atoms with E-state index in [-0.39, 0.29) is 0 Å². The molecule has 0 aliphatic carbocycles. The van der Waals surface area contributed by atoms with Crippen LogP contribution < -0.4 is 14.8 Å². The molecule has 1 atom stereocenters. The lowest BCUT2D eigenvalue weighted by Gasteiger charge is -2.21. The van der Waals surface area contributed by atoms with Gasteiger partial charge in [0.2, 0.25) is 0 Å². The van der Waals surface area contributed by atoms with Crippen molar-refractivity contribution in [3.8, 4) is 23.8 Å². The van der Waals surface area contributed by atoms with E-state index >= 15 is 0 Å². The molecule has 0 radical (unpaired) electrons. The van der Waals surface area contributed by atoms with Crippen LogP contribution >= 0.6 is 11.8 Å². The zero-order valence-electron chi connectivity index (χ0n) is 11.4. The van der Waals surface area contributed by atoms with Crippen molar-refractivity contribution >= 4 is 11.8 Å². The van der Waals surface area contributed by atoms with Gasteiger partial charge < -0.3 is 14.8 Å². The average Bonchev–Trinajstić information content (AvgIpc) is 2.44. The lowest BCUT2D eigenvalue weighted by molar-refractivity contribution is 0.171. The summed E-state index contributed by atoms with van der Waals surface area (Å²) in [5.74, 6) is 4.35. The normalized spacial score (nSPS) is 14.8. The van der Waals surface area contributed by atoms with Crippen molar-refractivity contribution in [2.75, 3.05) is 19.5 Å².